The van der Waals surface area contributed by atoms with Crippen molar-refractivity contribution < 1.29 is 38.8 Å². The average Bonchev–Trinajstić information content (AvgIpc) is 3.71. The van der Waals surface area contributed by atoms with Crippen molar-refractivity contribution in [3.63, 3.8) is 0 Å². The summed E-state index contributed by atoms with van der Waals surface area (Å²) in [5, 5.41) is 15.3. The van der Waals surface area contributed by atoms with Crippen molar-refractivity contribution in [2.24, 2.45) is 10.8 Å². The van der Waals surface area contributed by atoms with Crippen LogP contribution >= 0.6 is 0 Å². The van der Waals surface area contributed by atoms with E-state index >= 15 is 0 Å². The summed E-state index contributed by atoms with van der Waals surface area (Å²) < 4.78 is 11.7. The number of allylic oxidation sites excluding steroid dienone is 2. The summed E-state index contributed by atoms with van der Waals surface area (Å²) in [6.45, 7) is 18.8. The Morgan fingerprint density at radius 3 is 2.17 bits per heavy atom. The number of hydrogen-bond donors (Lipinski definition) is 1. The number of carbonyl (C=O) groups excluding carboxylic acids is 1. The van der Waals surface area contributed by atoms with Crippen molar-refractivity contribution >= 4 is 49.6 Å². The van der Waals surface area contributed by atoms with Crippen LogP contribution in [0.15, 0.2) is 81.8 Å². The zero-order chi connectivity index (χ0) is 34.1. The van der Waals surface area contributed by atoms with Gasteiger partial charge >= 0.3 is 0 Å². The van der Waals surface area contributed by atoms with Gasteiger partial charge in [0.25, 0.3) is 0 Å². The largest absolute Gasteiger partial charge is 0.512 e. The second-order valence-electron chi connectivity index (χ2n) is 14.1. The van der Waals surface area contributed by atoms with Crippen molar-refractivity contribution in [3.8, 4) is 11.3 Å². The Kier molecular flexibility index (Phi) is 11.1. The molecule has 255 valence electrons. The third-order valence-electron chi connectivity index (χ3n) is 10.3. The number of fused-ring (bicyclic) bond motifs is 6. The van der Waals surface area contributed by atoms with E-state index in [0.717, 1.165) is 69.7 Å². The predicted octanol–water partition coefficient (Wildman–Crippen LogP) is 11.7. The Bertz CT molecular complexity index is 2090. The molecule has 0 unspecified atom stereocenters. The first-order valence-corrected chi connectivity index (χ1v) is 16.7. The summed E-state index contributed by atoms with van der Waals surface area (Å²) in [6.07, 6.45) is 7.99. The number of nitrogens with zero attached hydrogens (tertiary/aromatic N) is 2. The van der Waals surface area contributed by atoms with E-state index in [0.29, 0.717) is 5.71 Å². The molecule has 3 aromatic carbocycles. The van der Waals surface area contributed by atoms with E-state index in [9.17, 15) is 9.90 Å². The molecule has 6 aromatic rings. The molecule has 0 saturated heterocycles. The van der Waals surface area contributed by atoms with E-state index in [-0.39, 0.29) is 47.9 Å². The van der Waals surface area contributed by atoms with Gasteiger partial charge in [-0.05, 0) is 49.3 Å². The third kappa shape index (κ3) is 6.86. The molecule has 3 aromatic heterocycles. The molecule has 7 heteroatoms. The Labute approximate surface area is 297 Å². The van der Waals surface area contributed by atoms with Gasteiger partial charge in [0.1, 0.15) is 23.3 Å². The van der Waals surface area contributed by atoms with Crippen LogP contribution in [0.25, 0.3) is 55.1 Å². The second kappa shape index (κ2) is 14.4. The molecular formula is C41H47IrN2O4-. The molecule has 0 aliphatic carbocycles. The summed E-state index contributed by atoms with van der Waals surface area (Å²) in [5.41, 5.74) is 4.56. The molecule has 1 radical (unpaired) electrons. The van der Waals surface area contributed by atoms with Crippen LogP contribution in [0.3, 0.4) is 0 Å². The summed E-state index contributed by atoms with van der Waals surface area (Å²) in [4.78, 5) is 21.3. The van der Waals surface area contributed by atoms with Crippen LogP contribution in [0.5, 0.6) is 0 Å². The molecule has 6 nitrogen and oxygen atoms in total. The fraction of sp³-hybridized carbons (Fsp3) is 0.390. The van der Waals surface area contributed by atoms with Crippen LogP contribution in [-0.2, 0) is 30.3 Å². The maximum absolute atomic E-state index is 12.2. The molecule has 0 fully saturated rings. The Morgan fingerprint density at radius 2 is 1.52 bits per heavy atom. The number of aliphatic hydroxyl groups is 1. The summed E-state index contributed by atoms with van der Waals surface area (Å²) in [6, 6.07) is 20.1. The summed E-state index contributed by atoms with van der Waals surface area (Å²) in [7, 11) is 0. The second-order valence-corrected chi connectivity index (χ2v) is 14.1. The molecule has 0 bridgehead atoms. The zero-order valence-corrected chi connectivity index (χ0v) is 32.0. The maximum Gasteiger partial charge on any atom is 0.223 e. The minimum absolute atomic E-state index is 0. The van der Waals surface area contributed by atoms with Crippen molar-refractivity contribution in [2.45, 2.75) is 93.4 Å². The minimum atomic E-state index is -0.337. The standard InChI is InChI=1S/C26H19N2O2.C15H28O2.Ir/c1-26(2,3)20-13-16(12-15-6-4-5-7-17(15)20)23-22-19-8-9-21-18(10-11-29-21)24(19)30-25(22)28-14-27-23;1-7-14(5,8-2)12(16)11-13(17)15(6,9-3)10-4;/h4-11,13-14H,1-3H3;11,16H,7-10H2,1-6H3;/q-1;;/b;12-11-;. The maximum atomic E-state index is 12.2. The van der Waals surface area contributed by atoms with Gasteiger partial charge in [-0.1, -0.05) is 91.5 Å². The first kappa shape index (κ1) is 37.0. The van der Waals surface area contributed by atoms with Gasteiger partial charge in [-0.2, -0.15) is 0 Å². The predicted molar refractivity (Wildman–Crippen MR) is 193 cm³/mol. The molecule has 0 aliphatic heterocycles. The van der Waals surface area contributed by atoms with Gasteiger partial charge in [0.05, 0.1) is 11.6 Å². The number of furan rings is 2. The zero-order valence-electron chi connectivity index (χ0n) is 29.6. The van der Waals surface area contributed by atoms with Gasteiger partial charge in [0, 0.05) is 53.5 Å². The first-order valence-electron chi connectivity index (χ1n) is 16.7. The average molecular weight is 824 g/mol. The Morgan fingerprint density at radius 1 is 0.854 bits per heavy atom. The number of rotatable bonds is 8. The Balaban J connectivity index is 0.000000251. The van der Waals surface area contributed by atoms with Crippen molar-refractivity contribution in [1.29, 1.82) is 0 Å². The summed E-state index contributed by atoms with van der Waals surface area (Å²) >= 11 is 0. The topological polar surface area (TPSA) is 89.4 Å². The minimum Gasteiger partial charge on any atom is -0.512 e. The number of hydrogen-bond acceptors (Lipinski definition) is 6. The van der Waals surface area contributed by atoms with E-state index in [4.69, 9.17) is 8.83 Å². The molecular weight excluding hydrogens is 777 g/mol. The van der Waals surface area contributed by atoms with Gasteiger partial charge in [-0.3, -0.25) is 9.78 Å². The van der Waals surface area contributed by atoms with E-state index in [2.05, 4.69) is 61.1 Å². The van der Waals surface area contributed by atoms with Gasteiger partial charge in [-0.15, -0.1) is 29.1 Å². The number of aromatic nitrogens is 2. The van der Waals surface area contributed by atoms with Gasteiger partial charge in [-0.25, -0.2) is 4.98 Å². The van der Waals surface area contributed by atoms with Crippen molar-refractivity contribution in [2.75, 3.05) is 0 Å². The molecule has 48 heavy (non-hydrogen) atoms. The molecule has 0 atom stereocenters. The van der Waals surface area contributed by atoms with E-state index in [1.165, 1.54) is 17.0 Å². The van der Waals surface area contributed by atoms with Crippen LogP contribution < -0.4 is 0 Å². The van der Waals surface area contributed by atoms with Crippen LogP contribution in [-0.4, -0.2) is 20.9 Å². The quantitative estimate of drug-likeness (QED) is 0.0934. The normalized spacial score (nSPS) is 12.7. The molecule has 0 spiro atoms. The molecule has 1 N–H and O–H groups in total. The monoisotopic (exact) mass is 824 g/mol. The fourth-order valence-electron chi connectivity index (χ4n) is 5.98. The molecule has 0 saturated carbocycles. The van der Waals surface area contributed by atoms with Crippen molar-refractivity contribution in [3.05, 3.63) is 84.6 Å². The Hall–Kier alpha value is -3.80. The summed E-state index contributed by atoms with van der Waals surface area (Å²) in [5.74, 6) is 0.286. The van der Waals surface area contributed by atoms with E-state index < -0.39 is 0 Å². The van der Waals surface area contributed by atoms with Gasteiger partial charge in [0.2, 0.25) is 5.71 Å². The molecule has 3 heterocycles. The molecule has 0 aliphatic rings. The van der Waals surface area contributed by atoms with E-state index in [1.807, 2.05) is 65.8 Å². The fourth-order valence-corrected chi connectivity index (χ4v) is 5.98. The van der Waals surface area contributed by atoms with Crippen LogP contribution in [0.2, 0.25) is 0 Å². The number of carbonyl (C=O) groups is 1. The SMILES string of the molecule is CC(C)(C)c1cc(-c2ncnc3oc4c5ccoc5ccc4c23)[c-]c2ccccc12.CCC(C)(CC)C(=O)/C=C(\O)C(C)(CC)CC.[Ir]. The van der Waals surface area contributed by atoms with Crippen LogP contribution in [0, 0.1) is 16.9 Å². The number of ketones is 1. The van der Waals surface area contributed by atoms with E-state index in [1.54, 1.807) is 12.6 Å². The van der Waals surface area contributed by atoms with Gasteiger partial charge in [0.15, 0.2) is 5.78 Å². The van der Waals surface area contributed by atoms with Crippen LogP contribution in [0.4, 0.5) is 0 Å². The molecule has 0 amide bonds. The number of benzene rings is 3. The first-order chi connectivity index (χ1) is 22.3. The third-order valence-corrected chi connectivity index (χ3v) is 10.3. The van der Waals surface area contributed by atoms with Crippen LogP contribution in [0.1, 0.15) is 93.6 Å². The van der Waals surface area contributed by atoms with Gasteiger partial charge < -0.3 is 13.9 Å². The molecule has 6 rings (SSSR count). The number of aliphatic hydroxyl groups excluding tert-OH is 1. The smallest absolute Gasteiger partial charge is 0.223 e. The van der Waals surface area contributed by atoms with Crippen molar-refractivity contribution in [1.82, 2.24) is 9.97 Å².